The first-order chi connectivity index (χ1) is 11.6. The van der Waals surface area contributed by atoms with E-state index in [1.165, 1.54) is 16.2 Å². The Balaban J connectivity index is 1.97. The molecule has 0 saturated heterocycles. The van der Waals surface area contributed by atoms with Crippen LogP contribution in [0.1, 0.15) is 38.2 Å². The third kappa shape index (κ3) is 2.34. The molecule has 24 heavy (non-hydrogen) atoms. The van der Waals surface area contributed by atoms with Gasteiger partial charge in [0.05, 0.1) is 0 Å². The molecule has 4 aromatic rings. The molecule has 2 heteroatoms. The van der Waals surface area contributed by atoms with Gasteiger partial charge in [-0.15, -0.1) is 0 Å². The first-order valence-corrected chi connectivity index (χ1v) is 8.73. The molecule has 0 fully saturated rings. The van der Waals surface area contributed by atoms with Crippen LogP contribution in [0.15, 0.2) is 54.6 Å². The second kappa shape index (κ2) is 5.73. The van der Waals surface area contributed by atoms with E-state index in [1.54, 1.807) is 0 Å². The molecule has 0 amide bonds. The minimum Gasteiger partial charge on any atom is -0.362 e. The summed E-state index contributed by atoms with van der Waals surface area (Å²) in [5.74, 6) is -1.78. The fraction of sp³-hybridized carbons (Fsp3) is 0.273. The van der Waals surface area contributed by atoms with Crippen LogP contribution in [-0.4, -0.2) is 10.2 Å². The molecule has 0 aliphatic carbocycles. The maximum atomic E-state index is 10.7. The smallest absolute Gasteiger partial charge is 0.190 e. The molecule has 4 rings (SSSR count). The zero-order valence-electron chi connectivity index (χ0n) is 13.9. The molecule has 4 aromatic carbocycles. The lowest BCUT2D eigenvalue weighted by atomic mass is 9.88. The minimum absolute atomic E-state index is 0.366. The predicted octanol–water partition coefficient (Wildman–Crippen LogP) is 5.30. The molecule has 0 aliphatic rings. The first-order valence-electron chi connectivity index (χ1n) is 8.73. The van der Waals surface area contributed by atoms with Crippen molar-refractivity contribution in [2.75, 3.05) is 0 Å². The highest BCUT2D eigenvalue weighted by Gasteiger charge is 2.28. The Morgan fingerprint density at radius 2 is 1.38 bits per heavy atom. The van der Waals surface area contributed by atoms with Crippen LogP contribution in [0, 0.1) is 0 Å². The Hall–Kier alpha value is -2.16. The molecule has 0 unspecified atom stereocenters. The average molecular weight is 318 g/mol. The summed E-state index contributed by atoms with van der Waals surface area (Å²) in [6.45, 7) is 2.12. The Morgan fingerprint density at radius 3 is 2.08 bits per heavy atom. The van der Waals surface area contributed by atoms with E-state index in [0.717, 1.165) is 35.4 Å². The van der Waals surface area contributed by atoms with Crippen LogP contribution in [0.5, 0.6) is 0 Å². The van der Waals surface area contributed by atoms with Crippen LogP contribution < -0.4 is 0 Å². The highest BCUT2D eigenvalue weighted by atomic mass is 16.5. The maximum absolute atomic E-state index is 10.7. The van der Waals surface area contributed by atoms with Crippen molar-refractivity contribution in [3.8, 4) is 0 Å². The Morgan fingerprint density at radius 1 is 0.750 bits per heavy atom. The lowest BCUT2D eigenvalue weighted by Gasteiger charge is -2.25. The monoisotopic (exact) mass is 318 g/mol. The van der Waals surface area contributed by atoms with Gasteiger partial charge in [-0.1, -0.05) is 74.4 Å². The van der Waals surface area contributed by atoms with E-state index in [9.17, 15) is 10.2 Å². The summed E-state index contributed by atoms with van der Waals surface area (Å²) < 4.78 is 0. The van der Waals surface area contributed by atoms with E-state index in [2.05, 4.69) is 43.3 Å². The molecular formula is C22H22O2. The van der Waals surface area contributed by atoms with Crippen molar-refractivity contribution < 1.29 is 10.2 Å². The van der Waals surface area contributed by atoms with Crippen molar-refractivity contribution in [1.82, 2.24) is 0 Å². The van der Waals surface area contributed by atoms with Crippen LogP contribution in [0.4, 0.5) is 0 Å². The summed E-state index contributed by atoms with van der Waals surface area (Å²) in [7, 11) is 0. The van der Waals surface area contributed by atoms with Crippen molar-refractivity contribution in [1.29, 1.82) is 0 Å². The third-order valence-corrected chi connectivity index (χ3v) is 5.09. The van der Waals surface area contributed by atoms with Crippen LogP contribution in [0.3, 0.4) is 0 Å². The quantitative estimate of drug-likeness (QED) is 0.298. The van der Waals surface area contributed by atoms with Gasteiger partial charge in [0.25, 0.3) is 0 Å². The lowest BCUT2D eigenvalue weighted by molar-refractivity contribution is -0.174. The number of hydrogen-bond acceptors (Lipinski definition) is 2. The molecule has 2 N–H and O–H groups in total. The molecule has 0 aromatic heterocycles. The van der Waals surface area contributed by atoms with Crippen LogP contribution in [-0.2, 0) is 5.79 Å². The molecule has 0 spiro atoms. The van der Waals surface area contributed by atoms with Crippen molar-refractivity contribution >= 4 is 32.3 Å². The van der Waals surface area contributed by atoms with E-state index < -0.39 is 5.79 Å². The van der Waals surface area contributed by atoms with Gasteiger partial charge in [0, 0.05) is 12.0 Å². The first kappa shape index (κ1) is 15.4. The summed E-state index contributed by atoms with van der Waals surface area (Å²) in [6.07, 6.45) is 3.25. The normalized spacial score (nSPS) is 12.6. The number of aliphatic hydroxyl groups is 2. The molecular weight excluding hydrogens is 296 g/mol. The van der Waals surface area contributed by atoms with Gasteiger partial charge in [-0.25, -0.2) is 0 Å². The number of hydrogen-bond donors (Lipinski definition) is 2. The molecule has 0 atom stereocenters. The topological polar surface area (TPSA) is 40.5 Å². The largest absolute Gasteiger partial charge is 0.362 e. The summed E-state index contributed by atoms with van der Waals surface area (Å²) in [5, 5.41) is 28.2. The number of unbranched alkanes of at least 4 members (excludes halogenated alkanes) is 2. The second-order valence-electron chi connectivity index (χ2n) is 6.74. The van der Waals surface area contributed by atoms with E-state index in [0.29, 0.717) is 12.0 Å². The van der Waals surface area contributed by atoms with Crippen molar-refractivity contribution in [2.24, 2.45) is 0 Å². The lowest BCUT2D eigenvalue weighted by Crippen LogP contribution is -2.25. The molecule has 0 aliphatic heterocycles. The zero-order chi connectivity index (χ0) is 16.7. The summed E-state index contributed by atoms with van der Waals surface area (Å²) in [6, 6.07) is 18.5. The van der Waals surface area contributed by atoms with Crippen LogP contribution in [0.25, 0.3) is 32.3 Å². The molecule has 2 nitrogen and oxygen atoms in total. The molecule has 122 valence electrons. The average Bonchev–Trinajstić information content (AvgIpc) is 2.59. The van der Waals surface area contributed by atoms with E-state index >= 15 is 0 Å². The minimum atomic E-state index is -1.78. The standard InChI is InChI=1S/C22H22O2/c1-2-3-4-14-22(23,24)19-13-11-17-9-8-15-6-5-7-16-10-12-18(19)21(17)20(15)16/h5-13,23-24H,2-4,14H2,1H3. The number of rotatable bonds is 5. The van der Waals surface area contributed by atoms with E-state index in [4.69, 9.17) is 0 Å². The fourth-order valence-electron chi connectivity index (χ4n) is 3.84. The Labute approximate surface area is 141 Å². The second-order valence-corrected chi connectivity index (χ2v) is 6.74. The molecule has 0 heterocycles. The SMILES string of the molecule is CCCCCC(O)(O)c1ccc2ccc3cccc4ccc1c2c34. The summed E-state index contributed by atoms with van der Waals surface area (Å²) in [5.41, 5.74) is 0.615. The van der Waals surface area contributed by atoms with Crippen molar-refractivity contribution in [3.05, 3.63) is 60.2 Å². The van der Waals surface area contributed by atoms with Gasteiger partial charge in [0.15, 0.2) is 5.79 Å². The molecule has 0 radical (unpaired) electrons. The fourth-order valence-corrected chi connectivity index (χ4v) is 3.84. The van der Waals surface area contributed by atoms with Gasteiger partial charge < -0.3 is 10.2 Å². The van der Waals surface area contributed by atoms with Gasteiger partial charge in [-0.3, -0.25) is 0 Å². The number of benzene rings is 4. The van der Waals surface area contributed by atoms with Crippen LogP contribution >= 0.6 is 0 Å². The van der Waals surface area contributed by atoms with Gasteiger partial charge in [0.2, 0.25) is 0 Å². The van der Waals surface area contributed by atoms with Gasteiger partial charge in [-0.2, -0.15) is 0 Å². The maximum Gasteiger partial charge on any atom is 0.190 e. The van der Waals surface area contributed by atoms with Crippen molar-refractivity contribution in [3.63, 3.8) is 0 Å². The third-order valence-electron chi connectivity index (χ3n) is 5.09. The summed E-state index contributed by atoms with van der Waals surface area (Å²) >= 11 is 0. The van der Waals surface area contributed by atoms with Crippen LogP contribution in [0.2, 0.25) is 0 Å². The van der Waals surface area contributed by atoms with E-state index in [-0.39, 0.29) is 0 Å². The highest BCUT2D eigenvalue weighted by Crippen LogP contribution is 2.39. The van der Waals surface area contributed by atoms with Gasteiger partial charge >= 0.3 is 0 Å². The predicted molar refractivity (Wildman–Crippen MR) is 100 cm³/mol. The molecule has 0 bridgehead atoms. The highest BCUT2D eigenvalue weighted by molar-refractivity contribution is 6.23. The summed E-state index contributed by atoms with van der Waals surface area (Å²) in [4.78, 5) is 0. The van der Waals surface area contributed by atoms with Gasteiger partial charge in [-0.05, 0) is 38.7 Å². The zero-order valence-corrected chi connectivity index (χ0v) is 13.9. The molecule has 0 saturated carbocycles. The van der Waals surface area contributed by atoms with Crippen molar-refractivity contribution in [2.45, 2.75) is 38.4 Å². The van der Waals surface area contributed by atoms with Gasteiger partial charge in [0.1, 0.15) is 0 Å². The Bertz CT molecular complexity index is 985. The Kier molecular flexibility index (Phi) is 3.67. The van der Waals surface area contributed by atoms with E-state index in [1.807, 2.05) is 18.2 Å².